The molecule has 0 spiro atoms. The monoisotopic (exact) mass is 333 g/mol. The van der Waals surface area contributed by atoms with Crippen molar-refractivity contribution in [3.8, 4) is 0 Å². The minimum Gasteiger partial charge on any atom is -0.395 e. The van der Waals surface area contributed by atoms with Crippen molar-refractivity contribution in [2.45, 2.75) is 52.2 Å². The van der Waals surface area contributed by atoms with Crippen molar-refractivity contribution in [2.24, 2.45) is 0 Å². The number of hydrogen-bond donors (Lipinski definition) is 2. The van der Waals surface area contributed by atoms with Crippen LogP contribution in [0.5, 0.6) is 0 Å². The topological polar surface area (TPSA) is 55.8 Å². The summed E-state index contributed by atoms with van der Waals surface area (Å²) in [6.07, 6.45) is 3.87. The average molecular weight is 333 g/mol. The Bertz CT molecular complexity index is 521. The minimum absolute atomic E-state index is 0.00923. The van der Waals surface area contributed by atoms with Gasteiger partial charge in [-0.15, -0.1) is 0 Å². The molecule has 24 heavy (non-hydrogen) atoms. The molecule has 2 N–H and O–H groups in total. The highest BCUT2D eigenvalue weighted by Gasteiger charge is 2.19. The second kappa shape index (κ2) is 9.64. The van der Waals surface area contributed by atoms with Gasteiger partial charge in [0.15, 0.2) is 0 Å². The molecule has 1 unspecified atom stereocenters. The van der Waals surface area contributed by atoms with E-state index in [0.29, 0.717) is 25.7 Å². The van der Waals surface area contributed by atoms with Crippen LogP contribution in [0.15, 0.2) is 24.3 Å². The van der Waals surface area contributed by atoms with Crippen LogP contribution in [-0.4, -0.2) is 53.2 Å². The molecule has 1 heterocycles. The highest BCUT2D eigenvalue weighted by Crippen LogP contribution is 2.20. The lowest BCUT2D eigenvalue weighted by molar-refractivity contribution is 0.152. The normalized spacial score (nSPS) is 18.4. The van der Waals surface area contributed by atoms with E-state index in [2.05, 4.69) is 35.3 Å². The molecule has 1 aliphatic heterocycles. The van der Waals surface area contributed by atoms with E-state index in [-0.39, 0.29) is 12.6 Å². The Morgan fingerprint density at radius 2 is 2.08 bits per heavy atom. The van der Waals surface area contributed by atoms with Crippen LogP contribution in [0, 0.1) is 0 Å². The van der Waals surface area contributed by atoms with Gasteiger partial charge in [0.1, 0.15) is 0 Å². The maximum atomic E-state index is 12.2. The number of piperidine rings is 1. The number of urea groups is 1. The molecule has 0 bridgehead atoms. The van der Waals surface area contributed by atoms with Crippen LogP contribution < -0.4 is 5.32 Å². The zero-order chi connectivity index (χ0) is 17.4. The maximum Gasteiger partial charge on any atom is 0.317 e. The molecule has 1 fully saturated rings. The third-order valence-corrected chi connectivity index (χ3v) is 4.90. The van der Waals surface area contributed by atoms with Gasteiger partial charge in [0.2, 0.25) is 0 Å². The number of nitrogens with one attached hydrogen (secondary N) is 1. The van der Waals surface area contributed by atoms with Crippen LogP contribution >= 0.6 is 0 Å². The first-order valence-corrected chi connectivity index (χ1v) is 9.10. The Morgan fingerprint density at radius 1 is 1.33 bits per heavy atom. The summed E-state index contributed by atoms with van der Waals surface area (Å²) in [6.45, 7) is 7.81. The molecule has 0 radical (unpaired) electrons. The molecule has 2 amide bonds. The lowest BCUT2D eigenvalue weighted by atomic mass is 10.0. The predicted molar refractivity (Wildman–Crippen MR) is 96.7 cm³/mol. The molecule has 0 aliphatic carbocycles. The number of nitrogens with zero attached hydrogens (tertiary/aromatic N) is 2. The van der Waals surface area contributed by atoms with Gasteiger partial charge in [0.05, 0.1) is 6.61 Å². The molecule has 0 aromatic heterocycles. The van der Waals surface area contributed by atoms with Gasteiger partial charge < -0.3 is 15.3 Å². The summed E-state index contributed by atoms with van der Waals surface area (Å²) in [5.41, 5.74) is 2.46. The lowest BCUT2D eigenvalue weighted by Crippen LogP contribution is -2.41. The number of carbonyl (C=O) groups is 1. The Balaban J connectivity index is 1.97. The van der Waals surface area contributed by atoms with Crippen molar-refractivity contribution < 1.29 is 9.90 Å². The fourth-order valence-electron chi connectivity index (χ4n) is 3.30. The van der Waals surface area contributed by atoms with Crippen LogP contribution in [0.25, 0.3) is 0 Å². The van der Waals surface area contributed by atoms with Crippen LogP contribution in [0.3, 0.4) is 0 Å². The zero-order valence-corrected chi connectivity index (χ0v) is 15.0. The molecule has 134 valence electrons. The Hall–Kier alpha value is -1.59. The van der Waals surface area contributed by atoms with Crippen molar-refractivity contribution in [3.05, 3.63) is 35.4 Å². The van der Waals surface area contributed by atoms with Crippen LogP contribution in [0.1, 0.15) is 44.2 Å². The summed E-state index contributed by atoms with van der Waals surface area (Å²) < 4.78 is 0. The van der Waals surface area contributed by atoms with Crippen molar-refractivity contribution in [1.29, 1.82) is 0 Å². The van der Waals surface area contributed by atoms with Crippen molar-refractivity contribution >= 4 is 6.03 Å². The summed E-state index contributed by atoms with van der Waals surface area (Å²) in [4.78, 5) is 16.3. The summed E-state index contributed by atoms with van der Waals surface area (Å²) >= 11 is 0. The molecule has 1 atom stereocenters. The first kappa shape index (κ1) is 18.7. The van der Waals surface area contributed by atoms with Crippen LogP contribution in [0.4, 0.5) is 4.79 Å². The number of aliphatic hydroxyl groups excluding tert-OH is 1. The number of likely N-dealkylation sites (N-methyl/N-ethyl adjacent to an activating group) is 1. The van der Waals surface area contributed by atoms with Gasteiger partial charge in [0, 0.05) is 32.2 Å². The summed E-state index contributed by atoms with van der Waals surface area (Å²) in [7, 11) is 0. The van der Waals surface area contributed by atoms with Gasteiger partial charge in [-0.3, -0.25) is 4.90 Å². The number of benzene rings is 1. The summed E-state index contributed by atoms with van der Waals surface area (Å²) in [6, 6.07) is 8.85. The second-order valence-electron chi connectivity index (χ2n) is 6.55. The summed E-state index contributed by atoms with van der Waals surface area (Å²) in [5, 5.41) is 12.0. The van der Waals surface area contributed by atoms with Crippen LogP contribution in [0.2, 0.25) is 0 Å². The molecule has 1 aliphatic rings. The standard InChI is InChI=1S/C19H31N3O2/c1-3-21(12-13-23)19(24)20-14-17-9-4-5-10-18(17)15-22-11-7-6-8-16(22)2/h4-5,9-10,16,23H,3,6-8,11-15H2,1-2H3,(H,20,24). The number of hydrogen-bond acceptors (Lipinski definition) is 3. The summed E-state index contributed by atoms with van der Waals surface area (Å²) in [5.74, 6) is 0. The largest absolute Gasteiger partial charge is 0.395 e. The van der Waals surface area contributed by atoms with Crippen molar-refractivity contribution in [3.63, 3.8) is 0 Å². The lowest BCUT2D eigenvalue weighted by Gasteiger charge is -2.33. The van der Waals surface area contributed by atoms with E-state index in [1.165, 1.54) is 30.4 Å². The fourth-order valence-corrected chi connectivity index (χ4v) is 3.30. The van der Waals surface area contributed by atoms with Gasteiger partial charge in [-0.1, -0.05) is 30.7 Å². The van der Waals surface area contributed by atoms with E-state index in [1.54, 1.807) is 4.90 Å². The molecular weight excluding hydrogens is 302 g/mol. The van der Waals surface area contributed by atoms with Crippen LogP contribution in [-0.2, 0) is 13.1 Å². The molecule has 1 aromatic rings. The minimum atomic E-state index is -0.118. The van der Waals surface area contributed by atoms with Gasteiger partial charge >= 0.3 is 6.03 Å². The van der Waals surface area contributed by atoms with E-state index in [9.17, 15) is 4.79 Å². The predicted octanol–water partition coefficient (Wildman–Crippen LogP) is 2.58. The zero-order valence-electron chi connectivity index (χ0n) is 15.0. The quantitative estimate of drug-likeness (QED) is 0.806. The molecule has 1 saturated heterocycles. The van der Waals surface area contributed by atoms with E-state index in [0.717, 1.165) is 13.1 Å². The molecule has 0 saturated carbocycles. The SMILES string of the molecule is CCN(CCO)C(=O)NCc1ccccc1CN1CCCCC1C. The fraction of sp³-hybridized carbons (Fsp3) is 0.632. The first-order chi connectivity index (χ1) is 11.7. The second-order valence-corrected chi connectivity index (χ2v) is 6.55. The Morgan fingerprint density at radius 3 is 2.75 bits per heavy atom. The van der Waals surface area contributed by atoms with Gasteiger partial charge in [0.25, 0.3) is 0 Å². The number of amides is 2. The number of likely N-dealkylation sites (tertiary alicyclic amines) is 1. The van der Waals surface area contributed by atoms with Gasteiger partial charge in [-0.2, -0.15) is 0 Å². The Labute approximate surface area is 145 Å². The Kier molecular flexibility index (Phi) is 7.53. The van der Waals surface area contributed by atoms with Crippen molar-refractivity contribution in [2.75, 3.05) is 26.2 Å². The molecule has 5 heteroatoms. The third-order valence-electron chi connectivity index (χ3n) is 4.90. The van der Waals surface area contributed by atoms with Gasteiger partial charge in [-0.05, 0) is 44.4 Å². The molecular formula is C19H31N3O2. The van der Waals surface area contributed by atoms with Crippen molar-refractivity contribution in [1.82, 2.24) is 15.1 Å². The number of aliphatic hydroxyl groups is 1. The van der Waals surface area contributed by atoms with E-state index >= 15 is 0 Å². The third kappa shape index (κ3) is 5.21. The van der Waals surface area contributed by atoms with E-state index < -0.39 is 0 Å². The van der Waals surface area contributed by atoms with E-state index in [1.807, 2.05) is 13.0 Å². The van der Waals surface area contributed by atoms with Gasteiger partial charge in [-0.25, -0.2) is 4.79 Å². The average Bonchev–Trinajstić information content (AvgIpc) is 2.60. The molecule has 1 aromatic carbocycles. The first-order valence-electron chi connectivity index (χ1n) is 9.10. The molecule has 2 rings (SSSR count). The number of rotatable bonds is 7. The highest BCUT2D eigenvalue weighted by molar-refractivity contribution is 5.74. The highest BCUT2D eigenvalue weighted by atomic mass is 16.3. The number of carbonyl (C=O) groups excluding carboxylic acids is 1. The smallest absolute Gasteiger partial charge is 0.317 e. The molecule has 5 nitrogen and oxygen atoms in total. The van der Waals surface area contributed by atoms with E-state index in [4.69, 9.17) is 5.11 Å². The maximum absolute atomic E-state index is 12.2.